The minimum Gasteiger partial charge on any atom is -0.493 e. The van der Waals surface area contributed by atoms with Crippen molar-refractivity contribution >= 4 is 29.4 Å². The summed E-state index contributed by atoms with van der Waals surface area (Å²) in [6.45, 7) is 0. The van der Waals surface area contributed by atoms with Gasteiger partial charge in [0, 0.05) is 5.56 Å². The number of halogens is 1. The zero-order valence-electron chi connectivity index (χ0n) is 12.1. The summed E-state index contributed by atoms with van der Waals surface area (Å²) in [4.78, 5) is 11.9. The molecule has 0 atom stereocenters. The topological polar surface area (TPSA) is 44.8 Å². The van der Waals surface area contributed by atoms with Gasteiger partial charge in [-0.2, -0.15) is 0 Å². The lowest BCUT2D eigenvalue weighted by Gasteiger charge is -2.08. The molecule has 1 aliphatic heterocycles. The number of fused-ring (bicyclic) bond motifs is 1. The summed E-state index contributed by atoms with van der Waals surface area (Å²) in [6.07, 6.45) is 1.77. The molecule has 112 valence electrons. The molecular formula is C17H13ClO4. The van der Waals surface area contributed by atoms with E-state index < -0.39 is 5.97 Å². The highest BCUT2D eigenvalue weighted by molar-refractivity contribution is 6.34. The Morgan fingerprint density at radius 1 is 1.09 bits per heavy atom. The number of hydrogen-bond acceptors (Lipinski definition) is 4. The maximum absolute atomic E-state index is 11.9. The summed E-state index contributed by atoms with van der Waals surface area (Å²) in [7, 11) is 3.15. The van der Waals surface area contributed by atoms with Crippen molar-refractivity contribution in [3.63, 3.8) is 0 Å². The molecule has 0 radical (unpaired) electrons. The number of hydrogen-bond donors (Lipinski definition) is 0. The van der Waals surface area contributed by atoms with E-state index in [1.54, 1.807) is 44.6 Å². The Balaban J connectivity index is 2.05. The van der Waals surface area contributed by atoms with Crippen molar-refractivity contribution in [3.8, 4) is 11.5 Å². The molecule has 0 unspecified atom stereocenters. The Morgan fingerprint density at radius 3 is 2.59 bits per heavy atom. The van der Waals surface area contributed by atoms with E-state index >= 15 is 0 Å². The highest BCUT2D eigenvalue weighted by Gasteiger charge is 2.28. The average molecular weight is 317 g/mol. The minimum absolute atomic E-state index is 0.387. The predicted octanol–water partition coefficient (Wildman–Crippen LogP) is 4.03. The Hall–Kier alpha value is -2.46. The van der Waals surface area contributed by atoms with Crippen LogP contribution in [0.3, 0.4) is 0 Å². The summed E-state index contributed by atoms with van der Waals surface area (Å²) >= 11 is 6.06. The number of rotatable bonds is 3. The van der Waals surface area contributed by atoms with E-state index in [1.807, 2.05) is 12.1 Å². The Kier molecular flexibility index (Phi) is 3.77. The zero-order valence-corrected chi connectivity index (χ0v) is 12.8. The first kappa shape index (κ1) is 14.5. The highest BCUT2D eigenvalue weighted by Crippen LogP contribution is 2.36. The van der Waals surface area contributed by atoms with Gasteiger partial charge in [-0.15, -0.1) is 0 Å². The van der Waals surface area contributed by atoms with Gasteiger partial charge < -0.3 is 14.2 Å². The molecule has 2 aromatic carbocycles. The zero-order chi connectivity index (χ0) is 15.7. The van der Waals surface area contributed by atoms with Crippen molar-refractivity contribution in [2.45, 2.75) is 0 Å². The molecule has 0 aromatic heterocycles. The first-order chi connectivity index (χ1) is 10.6. The molecule has 0 amide bonds. The van der Waals surface area contributed by atoms with Crippen LogP contribution in [0.25, 0.3) is 11.8 Å². The van der Waals surface area contributed by atoms with Gasteiger partial charge in [0.05, 0.1) is 24.8 Å². The third-order valence-electron chi connectivity index (χ3n) is 3.39. The summed E-state index contributed by atoms with van der Waals surface area (Å²) in [6, 6.07) is 10.7. The van der Waals surface area contributed by atoms with Gasteiger partial charge in [0.2, 0.25) is 0 Å². The van der Waals surface area contributed by atoms with Crippen LogP contribution in [0.15, 0.2) is 36.4 Å². The van der Waals surface area contributed by atoms with Gasteiger partial charge >= 0.3 is 5.97 Å². The maximum Gasteiger partial charge on any atom is 0.345 e. The maximum atomic E-state index is 11.9. The minimum atomic E-state index is -0.438. The largest absolute Gasteiger partial charge is 0.493 e. The lowest BCUT2D eigenvalue weighted by Crippen LogP contribution is -1.94. The molecule has 0 aliphatic carbocycles. The standard InChI is InChI=1S/C17H13ClO4/c1-20-13-7-6-10(9-15(13)21-2)8-14-11-4-3-5-12(18)16(11)17(19)22-14/h3-9H,1-2H3/b14-8+. The fourth-order valence-electron chi connectivity index (χ4n) is 2.34. The van der Waals surface area contributed by atoms with E-state index in [9.17, 15) is 4.79 Å². The number of ether oxygens (including phenoxy) is 3. The van der Waals surface area contributed by atoms with Crippen molar-refractivity contribution in [1.29, 1.82) is 0 Å². The molecule has 5 heteroatoms. The van der Waals surface area contributed by atoms with Gasteiger partial charge in [0.1, 0.15) is 5.76 Å². The Morgan fingerprint density at radius 2 is 1.86 bits per heavy atom. The quantitative estimate of drug-likeness (QED) is 0.802. The average Bonchev–Trinajstić information content (AvgIpc) is 2.84. The van der Waals surface area contributed by atoms with Crippen molar-refractivity contribution in [1.82, 2.24) is 0 Å². The lowest BCUT2D eigenvalue weighted by molar-refractivity contribution is 0.0717. The molecule has 4 nitrogen and oxygen atoms in total. The third kappa shape index (κ3) is 2.42. The molecule has 0 N–H and O–H groups in total. The van der Waals surface area contributed by atoms with Crippen LogP contribution >= 0.6 is 11.6 Å². The predicted molar refractivity (Wildman–Crippen MR) is 84.3 cm³/mol. The van der Waals surface area contributed by atoms with Crippen molar-refractivity contribution in [3.05, 3.63) is 58.1 Å². The molecule has 0 spiro atoms. The molecule has 0 fully saturated rings. The highest BCUT2D eigenvalue weighted by atomic mass is 35.5. The lowest BCUT2D eigenvalue weighted by atomic mass is 10.1. The molecule has 0 bridgehead atoms. The van der Waals surface area contributed by atoms with Crippen molar-refractivity contribution < 1.29 is 19.0 Å². The van der Waals surface area contributed by atoms with Crippen LogP contribution in [0.1, 0.15) is 21.5 Å². The molecule has 0 saturated heterocycles. The third-order valence-corrected chi connectivity index (χ3v) is 3.71. The molecule has 1 heterocycles. The van der Waals surface area contributed by atoms with E-state index in [2.05, 4.69) is 0 Å². The summed E-state index contributed by atoms with van der Waals surface area (Å²) in [5.74, 6) is 1.27. The Labute approximate surface area is 132 Å². The second-order valence-electron chi connectivity index (χ2n) is 4.67. The van der Waals surface area contributed by atoms with E-state index in [1.165, 1.54) is 0 Å². The number of benzene rings is 2. The monoisotopic (exact) mass is 316 g/mol. The van der Waals surface area contributed by atoms with Gasteiger partial charge in [-0.05, 0) is 29.8 Å². The number of methoxy groups -OCH3 is 2. The van der Waals surface area contributed by atoms with Crippen LogP contribution in [0.2, 0.25) is 5.02 Å². The van der Waals surface area contributed by atoms with Crippen LogP contribution in [-0.4, -0.2) is 20.2 Å². The van der Waals surface area contributed by atoms with Gasteiger partial charge in [-0.1, -0.05) is 29.8 Å². The Bertz CT molecular complexity index is 780. The molecule has 3 rings (SSSR count). The van der Waals surface area contributed by atoms with E-state index in [0.717, 1.165) is 5.56 Å². The van der Waals surface area contributed by atoms with Crippen molar-refractivity contribution in [2.24, 2.45) is 0 Å². The van der Waals surface area contributed by atoms with Crippen LogP contribution in [-0.2, 0) is 4.74 Å². The number of cyclic esters (lactones) is 1. The van der Waals surface area contributed by atoms with Gasteiger partial charge in [-0.3, -0.25) is 0 Å². The fourth-order valence-corrected chi connectivity index (χ4v) is 2.60. The number of carbonyl (C=O) groups is 1. The normalized spacial score (nSPS) is 14.7. The second kappa shape index (κ2) is 5.73. The van der Waals surface area contributed by atoms with E-state index in [0.29, 0.717) is 33.4 Å². The van der Waals surface area contributed by atoms with Crippen LogP contribution in [0.5, 0.6) is 11.5 Å². The fraction of sp³-hybridized carbons (Fsp3) is 0.118. The molecule has 2 aromatic rings. The van der Waals surface area contributed by atoms with E-state index in [-0.39, 0.29) is 0 Å². The SMILES string of the molecule is COc1ccc(/C=C2/OC(=O)c3c(Cl)cccc32)cc1OC. The van der Waals surface area contributed by atoms with E-state index in [4.69, 9.17) is 25.8 Å². The number of esters is 1. The van der Waals surface area contributed by atoms with Crippen LogP contribution in [0.4, 0.5) is 0 Å². The van der Waals surface area contributed by atoms with Gasteiger partial charge in [0.15, 0.2) is 11.5 Å². The summed E-state index contributed by atoms with van der Waals surface area (Å²) in [5, 5.41) is 0.387. The summed E-state index contributed by atoms with van der Waals surface area (Å²) in [5.41, 5.74) is 1.91. The van der Waals surface area contributed by atoms with Gasteiger partial charge in [0.25, 0.3) is 0 Å². The molecule has 0 saturated carbocycles. The van der Waals surface area contributed by atoms with Gasteiger partial charge in [-0.25, -0.2) is 4.79 Å². The number of carbonyl (C=O) groups excluding carboxylic acids is 1. The van der Waals surface area contributed by atoms with Crippen molar-refractivity contribution in [2.75, 3.05) is 14.2 Å². The molecule has 22 heavy (non-hydrogen) atoms. The first-order valence-corrected chi connectivity index (χ1v) is 6.96. The second-order valence-corrected chi connectivity index (χ2v) is 5.08. The van der Waals surface area contributed by atoms with Crippen LogP contribution in [0, 0.1) is 0 Å². The molecule has 1 aliphatic rings. The first-order valence-electron chi connectivity index (χ1n) is 6.59. The smallest absolute Gasteiger partial charge is 0.345 e. The summed E-state index contributed by atoms with van der Waals surface area (Å²) < 4.78 is 15.8. The van der Waals surface area contributed by atoms with Crippen LogP contribution < -0.4 is 9.47 Å². The molecular weight excluding hydrogens is 304 g/mol.